The van der Waals surface area contributed by atoms with Crippen molar-refractivity contribution in [1.29, 1.82) is 0 Å². The molecule has 0 saturated carbocycles. The molecule has 0 radical (unpaired) electrons. The van der Waals surface area contributed by atoms with E-state index in [4.69, 9.17) is 21.1 Å². The lowest BCUT2D eigenvalue weighted by Crippen LogP contribution is -2.51. The van der Waals surface area contributed by atoms with E-state index in [0.29, 0.717) is 48.9 Å². The number of benzene rings is 2. The minimum atomic E-state index is -0.269. The second-order valence-electron chi connectivity index (χ2n) is 7.94. The van der Waals surface area contributed by atoms with E-state index in [1.54, 1.807) is 34.1 Å². The summed E-state index contributed by atoms with van der Waals surface area (Å²) in [5, 5.41) is 0.440. The van der Waals surface area contributed by atoms with Crippen LogP contribution in [0, 0.1) is 0 Å². The van der Waals surface area contributed by atoms with Crippen molar-refractivity contribution in [2.45, 2.75) is 25.0 Å². The molecule has 2 amide bonds. The van der Waals surface area contributed by atoms with Crippen LogP contribution in [-0.2, 0) is 9.47 Å². The highest BCUT2D eigenvalue weighted by Gasteiger charge is 2.30. The molecule has 2 saturated heterocycles. The Balaban J connectivity index is 1.46. The zero-order chi connectivity index (χ0) is 21.6. The van der Waals surface area contributed by atoms with Crippen molar-refractivity contribution in [3.05, 3.63) is 70.7 Å². The first-order valence-corrected chi connectivity index (χ1v) is 11.1. The molecule has 31 heavy (non-hydrogen) atoms. The topological polar surface area (TPSA) is 59.1 Å². The third-order valence-corrected chi connectivity index (χ3v) is 6.04. The van der Waals surface area contributed by atoms with Gasteiger partial charge in [0, 0.05) is 38.3 Å². The number of carbonyl (C=O) groups excluding carboxylic acids is 2. The van der Waals surface area contributed by atoms with E-state index in [-0.39, 0.29) is 24.0 Å². The highest BCUT2D eigenvalue weighted by Crippen LogP contribution is 2.20. The van der Waals surface area contributed by atoms with E-state index in [0.717, 1.165) is 19.4 Å². The maximum Gasteiger partial charge on any atom is 0.255 e. The van der Waals surface area contributed by atoms with Crippen molar-refractivity contribution in [3.8, 4) is 0 Å². The summed E-state index contributed by atoms with van der Waals surface area (Å²) in [5.41, 5.74) is 1.13. The summed E-state index contributed by atoms with van der Waals surface area (Å²) < 4.78 is 11.7. The molecule has 2 aliphatic heterocycles. The van der Waals surface area contributed by atoms with E-state index < -0.39 is 0 Å². The van der Waals surface area contributed by atoms with E-state index in [2.05, 4.69) is 0 Å². The molecule has 0 aliphatic carbocycles. The molecule has 0 spiro atoms. The lowest BCUT2D eigenvalue weighted by molar-refractivity contribution is -0.0375. The van der Waals surface area contributed by atoms with Crippen LogP contribution in [0.25, 0.3) is 0 Å². The summed E-state index contributed by atoms with van der Waals surface area (Å²) in [4.78, 5) is 29.7. The van der Waals surface area contributed by atoms with Crippen LogP contribution in [0.1, 0.15) is 33.6 Å². The van der Waals surface area contributed by atoms with Crippen LogP contribution in [0.4, 0.5) is 0 Å². The molecular formula is C24H27ClN2O4. The fraction of sp³-hybridized carbons (Fsp3) is 0.417. The number of morpholine rings is 1. The van der Waals surface area contributed by atoms with Gasteiger partial charge in [0.05, 0.1) is 29.4 Å². The quantitative estimate of drug-likeness (QED) is 0.687. The van der Waals surface area contributed by atoms with Crippen LogP contribution in [0.5, 0.6) is 0 Å². The molecule has 0 aromatic heterocycles. The minimum absolute atomic E-state index is 0.0390. The van der Waals surface area contributed by atoms with E-state index in [9.17, 15) is 9.59 Å². The predicted octanol–water partition coefficient (Wildman–Crippen LogP) is 3.50. The third-order valence-electron chi connectivity index (χ3n) is 5.71. The van der Waals surface area contributed by atoms with Gasteiger partial charge in [-0.1, -0.05) is 41.9 Å². The van der Waals surface area contributed by atoms with Crippen molar-refractivity contribution in [3.63, 3.8) is 0 Å². The normalized spacial score (nSPS) is 21.1. The lowest BCUT2D eigenvalue weighted by Gasteiger charge is -2.36. The molecule has 2 heterocycles. The first kappa shape index (κ1) is 21.8. The maximum absolute atomic E-state index is 13.2. The highest BCUT2D eigenvalue weighted by atomic mass is 35.5. The summed E-state index contributed by atoms with van der Waals surface area (Å²) in [6.07, 6.45) is 1.73. The average Bonchev–Trinajstić information content (AvgIpc) is 3.32. The number of hydrogen-bond donors (Lipinski definition) is 0. The zero-order valence-corrected chi connectivity index (χ0v) is 18.2. The molecule has 7 heteroatoms. The summed E-state index contributed by atoms with van der Waals surface area (Å²) in [6, 6.07) is 16.3. The van der Waals surface area contributed by atoms with Gasteiger partial charge in [0.25, 0.3) is 11.8 Å². The van der Waals surface area contributed by atoms with Gasteiger partial charge in [-0.25, -0.2) is 0 Å². The van der Waals surface area contributed by atoms with Gasteiger partial charge < -0.3 is 19.3 Å². The van der Waals surface area contributed by atoms with Crippen LogP contribution in [0.2, 0.25) is 5.02 Å². The van der Waals surface area contributed by atoms with Gasteiger partial charge >= 0.3 is 0 Å². The third kappa shape index (κ3) is 5.45. The van der Waals surface area contributed by atoms with Gasteiger partial charge in [-0.3, -0.25) is 9.59 Å². The van der Waals surface area contributed by atoms with Crippen LogP contribution >= 0.6 is 11.6 Å². The molecule has 4 rings (SSSR count). The Morgan fingerprint density at radius 2 is 1.68 bits per heavy atom. The molecular weight excluding hydrogens is 416 g/mol. The molecule has 6 nitrogen and oxygen atoms in total. The molecule has 2 fully saturated rings. The number of halogens is 1. The van der Waals surface area contributed by atoms with Gasteiger partial charge in [0.2, 0.25) is 0 Å². The van der Waals surface area contributed by atoms with Gasteiger partial charge in [0.15, 0.2) is 0 Å². The van der Waals surface area contributed by atoms with Crippen molar-refractivity contribution in [2.75, 3.05) is 39.4 Å². The molecule has 2 atom stereocenters. The maximum atomic E-state index is 13.2. The molecule has 0 unspecified atom stereocenters. The van der Waals surface area contributed by atoms with Gasteiger partial charge in [-0.05, 0) is 37.1 Å². The number of rotatable bonds is 6. The monoisotopic (exact) mass is 442 g/mol. The predicted molar refractivity (Wildman–Crippen MR) is 118 cm³/mol. The number of hydrogen-bond acceptors (Lipinski definition) is 4. The largest absolute Gasteiger partial charge is 0.376 e. The van der Waals surface area contributed by atoms with E-state index >= 15 is 0 Å². The average molecular weight is 443 g/mol. The summed E-state index contributed by atoms with van der Waals surface area (Å²) in [7, 11) is 0. The summed E-state index contributed by atoms with van der Waals surface area (Å²) in [6.45, 7) is 2.99. The minimum Gasteiger partial charge on any atom is -0.376 e. The number of nitrogens with zero attached hydrogens (tertiary/aromatic N) is 2. The molecule has 0 N–H and O–H groups in total. The molecule has 2 aromatic carbocycles. The van der Waals surface area contributed by atoms with Crippen molar-refractivity contribution >= 4 is 23.4 Å². The first-order valence-electron chi connectivity index (χ1n) is 10.7. The Morgan fingerprint density at radius 1 is 0.968 bits per heavy atom. The number of carbonyl (C=O) groups is 2. The fourth-order valence-electron chi connectivity index (χ4n) is 4.10. The smallest absolute Gasteiger partial charge is 0.255 e. The Morgan fingerprint density at radius 3 is 2.42 bits per heavy atom. The Hall–Kier alpha value is -2.41. The van der Waals surface area contributed by atoms with Crippen LogP contribution < -0.4 is 0 Å². The lowest BCUT2D eigenvalue weighted by atomic mass is 10.1. The van der Waals surface area contributed by atoms with Crippen LogP contribution in [-0.4, -0.2) is 73.2 Å². The first-order chi connectivity index (χ1) is 15.1. The Bertz CT molecular complexity index is 901. The van der Waals surface area contributed by atoms with Crippen LogP contribution in [0.15, 0.2) is 54.6 Å². The number of ether oxygens (including phenoxy) is 2. The second kappa shape index (κ2) is 10.3. The molecule has 0 bridgehead atoms. The van der Waals surface area contributed by atoms with Crippen molar-refractivity contribution in [1.82, 2.24) is 9.80 Å². The second-order valence-corrected chi connectivity index (χ2v) is 8.34. The summed E-state index contributed by atoms with van der Waals surface area (Å²) in [5.74, 6) is -0.159. The van der Waals surface area contributed by atoms with Gasteiger partial charge in [-0.2, -0.15) is 0 Å². The standard InChI is InChI=1S/C24H27ClN2O4/c25-22-11-5-4-10-21(22)24(29)26-12-14-31-20(16-26)17-27(15-19-9-6-13-30-19)23(28)18-7-2-1-3-8-18/h1-5,7-8,10-11,19-20H,6,9,12-17H2/t19-,20-/m1/s1. The summed E-state index contributed by atoms with van der Waals surface area (Å²) >= 11 is 6.22. The highest BCUT2D eigenvalue weighted by molar-refractivity contribution is 6.33. The SMILES string of the molecule is O=C(c1ccccc1)N(C[C@H]1CCCO1)C[C@H]1CN(C(=O)c2ccccc2Cl)CCO1. The fourth-order valence-corrected chi connectivity index (χ4v) is 4.32. The van der Waals surface area contributed by atoms with Gasteiger partial charge in [0.1, 0.15) is 0 Å². The molecule has 164 valence electrons. The number of amides is 2. The molecule has 2 aromatic rings. The van der Waals surface area contributed by atoms with E-state index in [1.165, 1.54) is 0 Å². The van der Waals surface area contributed by atoms with Crippen molar-refractivity contribution in [2.24, 2.45) is 0 Å². The van der Waals surface area contributed by atoms with E-state index in [1.807, 2.05) is 30.3 Å². The van der Waals surface area contributed by atoms with Crippen molar-refractivity contribution < 1.29 is 19.1 Å². The van der Waals surface area contributed by atoms with Crippen LogP contribution in [0.3, 0.4) is 0 Å². The molecule has 2 aliphatic rings. The Labute approximate surface area is 187 Å². The Kier molecular flexibility index (Phi) is 7.22. The zero-order valence-electron chi connectivity index (χ0n) is 17.4. The van der Waals surface area contributed by atoms with Gasteiger partial charge in [-0.15, -0.1) is 0 Å².